The van der Waals surface area contributed by atoms with E-state index in [9.17, 15) is 0 Å². The van der Waals surface area contributed by atoms with E-state index in [-0.39, 0.29) is 0 Å². The Morgan fingerprint density at radius 1 is 1.31 bits per heavy atom. The van der Waals surface area contributed by atoms with Gasteiger partial charge in [0.25, 0.3) is 0 Å². The molecule has 1 heterocycles. The van der Waals surface area contributed by atoms with E-state index >= 15 is 0 Å². The highest BCUT2D eigenvalue weighted by molar-refractivity contribution is 7.10. The molecule has 1 rings (SSSR count). The van der Waals surface area contributed by atoms with Gasteiger partial charge in [0, 0.05) is 17.0 Å². The Labute approximate surface area is 104 Å². The predicted octanol–water partition coefficient (Wildman–Crippen LogP) is 4.61. The summed E-state index contributed by atoms with van der Waals surface area (Å²) in [6.07, 6.45) is 3.89. The molecule has 0 aliphatic heterocycles. The van der Waals surface area contributed by atoms with E-state index in [0.29, 0.717) is 18.0 Å². The lowest BCUT2D eigenvalue weighted by Crippen LogP contribution is -2.33. The lowest BCUT2D eigenvalue weighted by molar-refractivity contribution is 0.359. The van der Waals surface area contributed by atoms with E-state index in [0.717, 1.165) is 0 Å². The standard InChI is InChI=1S/C14H25NS/c1-5-6-8-12(4)15-14(11(2)3)13-9-7-10-16-13/h7,9-12,14-15H,5-6,8H2,1-4H3. The first-order chi connectivity index (χ1) is 7.65. The van der Waals surface area contributed by atoms with Gasteiger partial charge in [-0.25, -0.2) is 0 Å². The summed E-state index contributed by atoms with van der Waals surface area (Å²) in [4.78, 5) is 1.47. The van der Waals surface area contributed by atoms with Gasteiger partial charge in [-0.3, -0.25) is 0 Å². The fraction of sp³-hybridized carbons (Fsp3) is 0.714. The van der Waals surface area contributed by atoms with Crippen molar-refractivity contribution < 1.29 is 0 Å². The average Bonchev–Trinajstić information content (AvgIpc) is 2.75. The first kappa shape index (κ1) is 13.7. The van der Waals surface area contributed by atoms with E-state index in [1.54, 1.807) is 0 Å². The van der Waals surface area contributed by atoms with Gasteiger partial charge in [-0.1, -0.05) is 39.7 Å². The molecule has 2 heteroatoms. The van der Waals surface area contributed by atoms with Crippen molar-refractivity contribution in [2.45, 2.75) is 59.0 Å². The maximum atomic E-state index is 3.76. The zero-order valence-corrected chi connectivity index (χ0v) is 11.8. The molecule has 0 aromatic carbocycles. The molecule has 0 fully saturated rings. The van der Waals surface area contributed by atoms with Gasteiger partial charge in [0.1, 0.15) is 0 Å². The zero-order chi connectivity index (χ0) is 12.0. The van der Waals surface area contributed by atoms with E-state index in [1.165, 1.54) is 24.1 Å². The van der Waals surface area contributed by atoms with Crippen LogP contribution in [0, 0.1) is 5.92 Å². The third kappa shape index (κ3) is 4.26. The van der Waals surface area contributed by atoms with Gasteiger partial charge in [-0.05, 0) is 30.7 Å². The lowest BCUT2D eigenvalue weighted by atomic mass is 10.0. The van der Waals surface area contributed by atoms with Crippen LogP contribution < -0.4 is 5.32 Å². The van der Waals surface area contributed by atoms with Crippen molar-refractivity contribution in [2.75, 3.05) is 0 Å². The van der Waals surface area contributed by atoms with Crippen LogP contribution in [0.1, 0.15) is 57.9 Å². The quantitative estimate of drug-likeness (QED) is 0.732. The third-order valence-electron chi connectivity index (χ3n) is 2.97. The second-order valence-corrected chi connectivity index (χ2v) is 5.93. The highest BCUT2D eigenvalue weighted by Gasteiger charge is 2.18. The van der Waals surface area contributed by atoms with Crippen molar-refractivity contribution in [1.29, 1.82) is 0 Å². The fourth-order valence-corrected chi connectivity index (χ4v) is 2.93. The van der Waals surface area contributed by atoms with Crippen LogP contribution in [0.4, 0.5) is 0 Å². The van der Waals surface area contributed by atoms with Gasteiger partial charge < -0.3 is 5.32 Å². The van der Waals surface area contributed by atoms with Crippen LogP contribution >= 0.6 is 11.3 Å². The zero-order valence-electron chi connectivity index (χ0n) is 11.0. The smallest absolute Gasteiger partial charge is 0.0440 e. The van der Waals surface area contributed by atoms with Gasteiger partial charge >= 0.3 is 0 Å². The van der Waals surface area contributed by atoms with Crippen molar-refractivity contribution in [2.24, 2.45) is 5.92 Å². The molecular weight excluding hydrogens is 214 g/mol. The van der Waals surface area contributed by atoms with Gasteiger partial charge in [0.05, 0.1) is 0 Å². The molecule has 1 nitrogen and oxygen atoms in total. The Morgan fingerprint density at radius 3 is 2.56 bits per heavy atom. The number of rotatable bonds is 7. The average molecular weight is 239 g/mol. The maximum Gasteiger partial charge on any atom is 0.0440 e. The molecule has 1 N–H and O–H groups in total. The normalized spacial score (nSPS) is 15.3. The summed E-state index contributed by atoms with van der Waals surface area (Å²) in [6, 6.07) is 5.53. The third-order valence-corrected chi connectivity index (χ3v) is 3.93. The van der Waals surface area contributed by atoms with Crippen molar-refractivity contribution in [3.8, 4) is 0 Å². The number of unbranched alkanes of at least 4 members (excludes halogenated alkanes) is 1. The first-order valence-electron chi connectivity index (χ1n) is 6.44. The molecule has 0 aliphatic carbocycles. The molecule has 0 aliphatic rings. The van der Waals surface area contributed by atoms with Crippen molar-refractivity contribution in [3.05, 3.63) is 22.4 Å². The molecule has 0 spiro atoms. The van der Waals surface area contributed by atoms with Crippen LogP contribution in [0.3, 0.4) is 0 Å². The van der Waals surface area contributed by atoms with E-state index < -0.39 is 0 Å². The summed E-state index contributed by atoms with van der Waals surface area (Å²) in [5.74, 6) is 0.655. The highest BCUT2D eigenvalue weighted by atomic mass is 32.1. The van der Waals surface area contributed by atoms with E-state index in [1.807, 2.05) is 11.3 Å². The Balaban J connectivity index is 2.52. The molecule has 92 valence electrons. The molecule has 0 radical (unpaired) electrons. The Bertz CT molecular complexity index is 266. The Hall–Kier alpha value is -0.340. The molecule has 0 saturated carbocycles. The van der Waals surface area contributed by atoms with Gasteiger partial charge in [0.2, 0.25) is 0 Å². The number of hydrogen-bond acceptors (Lipinski definition) is 2. The number of hydrogen-bond donors (Lipinski definition) is 1. The molecule has 0 bridgehead atoms. The fourth-order valence-electron chi connectivity index (χ4n) is 1.97. The van der Waals surface area contributed by atoms with Crippen molar-refractivity contribution in [3.63, 3.8) is 0 Å². The van der Waals surface area contributed by atoms with Crippen LogP contribution in [0.5, 0.6) is 0 Å². The number of thiophene rings is 1. The SMILES string of the molecule is CCCCC(C)NC(c1cccs1)C(C)C. The molecule has 2 unspecified atom stereocenters. The molecule has 0 saturated heterocycles. The summed E-state index contributed by atoms with van der Waals surface area (Å²) < 4.78 is 0. The Morgan fingerprint density at radius 2 is 2.06 bits per heavy atom. The van der Waals surface area contributed by atoms with E-state index in [4.69, 9.17) is 0 Å². The molecule has 2 atom stereocenters. The summed E-state index contributed by atoms with van der Waals surface area (Å²) in [6.45, 7) is 9.15. The summed E-state index contributed by atoms with van der Waals surface area (Å²) >= 11 is 1.86. The molecule has 1 aromatic heterocycles. The Kier molecular flexibility index (Phi) is 6.07. The second kappa shape index (κ2) is 7.08. The first-order valence-corrected chi connectivity index (χ1v) is 7.32. The predicted molar refractivity (Wildman–Crippen MR) is 74.0 cm³/mol. The summed E-state index contributed by atoms with van der Waals surface area (Å²) in [5.41, 5.74) is 0. The van der Waals surface area contributed by atoms with Gasteiger partial charge in [0.15, 0.2) is 0 Å². The van der Waals surface area contributed by atoms with Crippen molar-refractivity contribution in [1.82, 2.24) is 5.32 Å². The van der Waals surface area contributed by atoms with Gasteiger partial charge in [-0.15, -0.1) is 11.3 Å². The van der Waals surface area contributed by atoms with Crippen LogP contribution in [-0.4, -0.2) is 6.04 Å². The topological polar surface area (TPSA) is 12.0 Å². The molecular formula is C14H25NS. The summed E-state index contributed by atoms with van der Waals surface area (Å²) in [5, 5.41) is 5.93. The van der Waals surface area contributed by atoms with Crippen LogP contribution in [0.2, 0.25) is 0 Å². The largest absolute Gasteiger partial charge is 0.307 e. The molecule has 0 amide bonds. The minimum Gasteiger partial charge on any atom is -0.307 e. The minimum atomic E-state index is 0.520. The van der Waals surface area contributed by atoms with Crippen molar-refractivity contribution >= 4 is 11.3 Å². The van der Waals surface area contributed by atoms with Crippen LogP contribution in [0.15, 0.2) is 17.5 Å². The minimum absolute atomic E-state index is 0.520. The monoisotopic (exact) mass is 239 g/mol. The second-order valence-electron chi connectivity index (χ2n) is 4.95. The maximum absolute atomic E-state index is 3.76. The highest BCUT2D eigenvalue weighted by Crippen LogP contribution is 2.26. The molecule has 16 heavy (non-hydrogen) atoms. The number of nitrogens with one attached hydrogen (secondary N) is 1. The van der Waals surface area contributed by atoms with Gasteiger partial charge in [-0.2, -0.15) is 0 Å². The van der Waals surface area contributed by atoms with Crippen LogP contribution in [-0.2, 0) is 0 Å². The van der Waals surface area contributed by atoms with E-state index in [2.05, 4.69) is 50.5 Å². The van der Waals surface area contributed by atoms with Crippen LogP contribution in [0.25, 0.3) is 0 Å². The molecule has 1 aromatic rings. The lowest BCUT2D eigenvalue weighted by Gasteiger charge is -2.25. The summed E-state index contributed by atoms with van der Waals surface area (Å²) in [7, 11) is 0.